The van der Waals surface area contributed by atoms with Gasteiger partial charge in [0.2, 0.25) is 0 Å². The summed E-state index contributed by atoms with van der Waals surface area (Å²) in [5, 5.41) is 25.3. The normalized spacial score (nSPS) is 25.0. The Morgan fingerprint density at radius 1 is 1.29 bits per heavy atom. The highest BCUT2D eigenvalue weighted by molar-refractivity contribution is 7.17. The standard InChI is InChI=1S/C22H31Cl2N5OS/c23-16-4-5-19-18(11-16)15(14-31-19)12-25-9-10-29-20(24)13-28-21(22(29)30)27-8-6-17-3-1-2-7-26-17/h4-5,11,14,17,20,22,25-26,30H,1-3,6-10,12-13H2,(H,27,28). The van der Waals surface area contributed by atoms with Crippen LogP contribution < -0.4 is 16.0 Å². The third-order valence-electron chi connectivity index (χ3n) is 6.02. The van der Waals surface area contributed by atoms with Crippen molar-refractivity contribution in [3.8, 4) is 0 Å². The fourth-order valence-electron chi connectivity index (χ4n) is 4.25. The van der Waals surface area contributed by atoms with Crippen LogP contribution >= 0.6 is 34.5 Å². The van der Waals surface area contributed by atoms with Crippen LogP contribution in [0.25, 0.3) is 10.1 Å². The number of benzene rings is 1. The van der Waals surface area contributed by atoms with Gasteiger partial charge in [0.15, 0.2) is 6.23 Å². The van der Waals surface area contributed by atoms with Crippen molar-refractivity contribution in [1.82, 2.24) is 20.9 Å². The summed E-state index contributed by atoms with van der Waals surface area (Å²) in [7, 11) is 0. The zero-order valence-electron chi connectivity index (χ0n) is 17.6. The minimum atomic E-state index is -0.793. The number of fused-ring (bicyclic) bond motifs is 1. The fraction of sp³-hybridized carbons (Fsp3) is 0.591. The fourth-order valence-corrected chi connectivity index (χ4v) is 5.64. The average Bonchev–Trinajstić information content (AvgIpc) is 3.17. The summed E-state index contributed by atoms with van der Waals surface area (Å²) in [6.07, 6.45) is 4.04. The van der Waals surface area contributed by atoms with Crippen molar-refractivity contribution in [3.63, 3.8) is 0 Å². The molecule has 4 rings (SSSR count). The zero-order valence-corrected chi connectivity index (χ0v) is 19.9. The predicted molar refractivity (Wildman–Crippen MR) is 131 cm³/mol. The summed E-state index contributed by atoms with van der Waals surface area (Å²) in [5.74, 6) is 0.631. The average molecular weight is 484 g/mol. The van der Waals surface area contributed by atoms with Crippen LogP contribution in [0.15, 0.2) is 28.6 Å². The Balaban J connectivity index is 1.23. The summed E-state index contributed by atoms with van der Waals surface area (Å²) in [6.45, 7) is 4.51. The second-order valence-electron chi connectivity index (χ2n) is 8.21. The van der Waals surface area contributed by atoms with Gasteiger partial charge in [0.05, 0.1) is 6.54 Å². The monoisotopic (exact) mass is 483 g/mol. The Morgan fingerprint density at radius 2 is 2.19 bits per heavy atom. The van der Waals surface area contributed by atoms with E-state index >= 15 is 0 Å². The molecule has 0 amide bonds. The molecule has 2 aliphatic rings. The Kier molecular flexibility index (Phi) is 8.45. The van der Waals surface area contributed by atoms with Crippen molar-refractivity contribution in [1.29, 1.82) is 0 Å². The quantitative estimate of drug-likeness (QED) is 0.263. The number of hydrogen-bond donors (Lipinski definition) is 4. The van der Waals surface area contributed by atoms with Gasteiger partial charge in [-0.25, -0.2) is 0 Å². The lowest BCUT2D eigenvalue weighted by Crippen LogP contribution is -2.56. The molecule has 3 heterocycles. The molecule has 1 aromatic heterocycles. The van der Waals surface area contributed by atoms with Gasteiger partial charge in [-0.15, -0.1) is 22.9 Å². The van der Waals surface area contributed by atoms with Crippen LogP contribution in [0.3, 0.4) is 0 Å². The van der Waals surface area contributed by atoms with E-state index in [4.69, 9.17) is 23.2 Å². The second kappa shape index (κ2) is 11.3. The van der Waals surface area contributed by atoms with E-state index in [1.165, 1.54) is 34.9 Å². The topological polar surface area (TPSA) is 71.9 Å². The molecule has 4 N–H and O–H groups in total. The summed E-state index contributed by atoms with van der Waals surface area (Å²) in [4.78, 5) is 6.36. The summed E-state index contributed by atoms with van der Waals surface area (Å²) in [6, 6.07) is 6.57. The molecule has 2 aliphatic heterocycles. The molecular weight excluding hydrogens is 453 g/mol. The van der Waals surface area contributed by atoms with Gasteiger partial charge >= 0.3 is 0 Å². The molecule has 3 atom stereocenters. The van der Waals surface area contributed by atoms with E-state index in [1.54, 1.807) is 11.3 Å². The minimum Gasteiger partial charge on any atom is -0.371 e. The third-order valence-corrected chi connectivity index (χ3v) is 7.66. The summed E-state index contributed by atoms with van der Waals surface area (Å²) >= 11 is 14.3. The molecule has 0 spiro atoms. The van der Waals surface area contributed by atoms with E-state index in [1.807, 2.05) is 17.0 Å². The van der Waals surface area contributed by atoms with Crippen LogP contribution in [0.2, 0.25) is 5.02 Å². The van der Waals surface area contributed by atoms with Gasteiger partial charge in [-0.2, -0.15) is 0 Å². The van der Waals surface area contributed by atoms with Crippen LogP contribution in [0.1, 0.15) is 31.2 Å². The Morgan fingerprint density at radius 3 is 3.03 bits per heavy atom. The predicted octanol–water partition coefficient (Wildman–Crippen LogP) is 3.36. The van der Waals surface area contributed by atoms with E-state index < -0.39 is 6.23 Å². The number of halogens is 2. The van der Waals surface area contributed by atoms with Crippen LogP contribution in [0.5, 0.6) is 0 Å². The van der Waals surface area contributed by atoms with Gasteiger partial charge in [-0.05, 0) is 60.3 Å². The van der Waals surface area contributed by atoms with Crippen LogP contribution in [-0.2, 0) is 6.54 Å². The van der Waals surface area contributed by atoms with Gasteiger partial charge in [0.25, 0.3) is 0 Å². The van der Waals surface area contributed by atoms with Gasteiger partial charge in [0, 0.05) is 41.9 Å². The number of amidine groups is 1. The molecule has 6 nitrogen and oxygen atoms in total. The van der Waals surface area contributed by atoms with E-state index in [2.05, 4.69) is 32.4 Å². The molecule has 31 heavy (non-hydrogen) atoms. The molecule has 0 aliphatic carbocycles. The largest absolute Gasteiger partial charge is 0.371 e. The van der Waals surface area contributed by atoms with Crippen molar-refractivity contribution in [2.75, 3.05) is 32.7 Å². The Bertz CT molecular complexity index is 886. The molecule has 9 heteroatoms. The molecule has 170 valence electrons. The first-order chi connectivity index (χ1) is 15.1. The molecule has 0 radical (unpaired) electrons. The zero-order chi connectivity index (χ0) is 21.6. The smallest absolute Gasteiger partial charge is 0.166 e. The summed E-state index contributed by atoms with van der Waals surface area (Å²) in [5.41, 5.74) is 0.938. The van der Waals surface area contributed by atoms with Crippen molar-refractivity contribution in [3.05, 3.63) is 34.2 Å². The number of thiophene rings is 1. The maximum Gasteiger partial charge on any atom is 0.166 e. The first-order valence-corrected chi connectivity index (χ1v) is 12.8. The molecule has 1 saturated heterocycles. The van der Waals surface area contributed by atoms with Crippen LogP contribution in [0.4, 0.5) is 0 Å². The first-order valence-electron chi connectivity index (χ1n) is 11.1. The molecule has 3 unspecified atom stereocenters. The Labute approximate surface area is 198 Å². The lowest BCUT2D eigenvalue weighted by Gasteiger charge is -2.36. The number of rotatable bonds is 8. The molecule has 0 bridgehead atoms. The number of hydrogen-bond acceptors (Lipinski definition) is 7. The SMILES string of the molecule is OC1C(NCCC2CCCCN2)=NCC(Cl)N1CCNCc1csc2ccc(Cl)cc12. The van der Waals surface area contributed by atoms with Crippen molar-refractivity contribution in [2.45, 2.75) is 50.0 Å². The van der Waals surface area contributed by atoms with Crippen molar-refractivity contribution >= 4 is 50.5 Å². The van der Waals surface area contributed by atoms with Crippen molar-refractivity contribution < 1.29 is 5.11 Å². The van der Waals surface area contributed by atoms with Crippen LogP contribution in [0, 0.1) is 0 Å². The molecule has 1 fully saturated rings. The van der Waals surface area contributed by atoms with Crippen LogP contribution in [-0.4, -0.2) is 66.3 Å². The second-order valence-corrected chi connectivity index (χ2v) is 10.1. The van der Waals surface area contributed by atoms with Gasteiger partial charge in [0.1, 0.15) is 11.3 Å². The van der Waals surface area contributed by atoms with E-state index in [0.29, 0.717) is 25.0 Å². The number of piperidine rings is 1. The number of aliphatic hydroxyl groups excluding tert-OH is 1. The number of aliphatic hydroxyl groups is 1. The Hall–Kier alpha value is -0.930. The highest BCUT2D eigenvalue weighted by Gasteiger charge is 2.30. The van der Waals surface area contributed by atoms with E-state index in [-0.39, 0.29) is 5.50 Å². The van der Waals surface area contributed by atoms with Gasteiger partial charge < -0.3 is 21.1 Å². The molecular formula is C22H31Cl2N5OS. The number of nitrogens with one attached hydrogen (secondary N) is 3. The first kappa shape index (κ1) is 23.2. The van der Waals surface area contributed by atoms with Crippen molar-refractivity contribution in [2.24, 2.45) is 4.99 Å². The third kappa shape index (κ3) is 6.11. The lowest BCUT2D eigenvalue weighted by molar-refractivity contribution is 0.0389. The van der Waals surface area contributed by atoms with Gasteiger partial charge in [-0.1, -0.05) is 18.0 Å². The lowest BCUT2D eigenvalue weighted by atomic mass is 10.0. The van der Waals surface area contributed by atoms with E-state index in [0.717, 1.165) is 37.6 Å². The number of aliphatic imine (C=N–C) groups is 1. The molecule has 0 saturated carbocycles. The summed E-state index contributed by atoms with van der Waals surface area (Å²) < 4.78 is 1.24. The number of alkyl halides is 1. The highest BCUT2D eigenvalue weighted by atomic mass is 35.5. The minimum absolute atomic E-state index is 0.303. The molecule has 1 aromatic carbocycles. The van der Waals surface area contributed by atoms with E-state index in [9.17, 15) is 5.11 Å². The maximum absolute atomic E-state index is 10.8. The number of nitrogens with zero attached hydrogens (tertiary/aromatic N) is 2. The van der Waals surface area contributed by atoms with Gasteiger partial charge in [-0.3, -0.25) is 9.89 Å². The molecule has 2 aromatic rings. The highest BCUT2D eigenvalue weighted by Crippen LogP contribution is 2.28. The maximum atomic E-state index is 10.8.